The second-order valence-corrected chi connectivity index (χ2v) is 6.23. The summed E-state index contributed by atoms with van der Waals surface area (Å²) in [5.41, 5.74) is 2.63. The molecule has 0 saturated carbocycles. The van der Waals surface area contributed by atoms with Crippen molar-refractivity contribution in [2.45, 2.75) is 39.5 Å². The molecule has 1 aliphatic heterocycles. The van der Waals surface area contributed by atoms with Gasteiger partial charge in [0, 0.05) is 24.3 Å². The van der Waals surface area contributed by atoms with Gasteiger partial charge in [0.15, 0.2) is 11.6 Å². The Hall–Kier alpha value is -1.65. The number of carbonyl (C=O) groups excluding carboxylic acids is 1. The van der Waals surface area contributed by atoms with Crippen LogP contribution in [0.15, 0.2) is 36.4 Å². The van der Waals surface area contributed by atoms with Crippen LogP contribution in [0.3, 0.4) is 0 Å². The molecule has 0 spiro atoms. The standard InChI is InChI=1S/C18H26N2O2/c1-5-13(2)16-9-10-20(12-16)18(4,22)19-17-8-6-7-15(11-17)14(3)21/h6-8,11,16,19,22H,2,5,9-10,12H2,1,3-4H3. The summed E-state index contributed by atoms with van der Waals surface area (Å²) in [6, 6.07) is 7.23. The molecule has 1 aliphatic rings. The van der Waals surface area contributed by atoms with E-state index < -0.39 is 5.85 Å². The minimum atomic E-state index is -1.14. The molecule has 0 bridgehead atoms. The van der Waals surface area contributed by atoms with Gasteiger partial charge in [0.1, 0.15) is 0 Å². The van der Waals surface area contributed by atoms with E-state index in [-0.39, 0.29) is 5.78 Å². The minimum Gasteiger partial charge on any atom is -0.359 e. The molecule has 120 valence electrons. The number of rotatable bonds is 6. The summed E-state index contributed by atoms with van der Waals surface area (Å²) in [4.78, 5) is 13.5. The number of nitrogens with one attached hydrogen (secondary N) is 1. The van der Waals surface area contributed by atoms with Crippen LogP contribution >= 0.6 is 0 Å². The first-order valence-corrected chi connectivity index (χ1v) is 7.87. The van der Waals surface area contributed by atoms with Gasteiger partial charge in [-0.1, -0.05) is 31.2 Å². The van der Waals surface area contributed by atoms with Crippen molar-refractivity contribution in [2.24, 2.45) is 5.92 Å². The molecule has 0 radical (unpaired) electrons. The van der Waals surface area contributed by atoms with E-state index in [0.29, 0.717) is 11.5 Å². The number of aliphatic hydroxyl groups is 1. The summed E-state index contributed by atoms with van der Waals surface area (Å²) in [5, 5.41) is 13.9. The summed E-state index contributed by atoms with van der Waals surface area (Å²) in [6.07, 6.45) is 2.01. The Labute approximate surface area is 132 Å². The Kier molecular flexibility index (Phi) is 5.04. The van der Waals surface area contributed by atoms with Gasteiger partial charge in [-0.3, -0.25) is 9.69 Å². The number of nitrogens with zero attached hydrogens (tertiary/aromatic N) is 1. The lowest BCUT2D eigenvalue weighted by atomic mass is 9.98. The zero-order chi connectivity index (χ0) is 16.3. The number of hydrogen-bond donors (Lipinski definition) is 2. The number of anilines is 1. The molecular formula is C18H26N2O2. The summed E-state index contributed by atoms with van der Waals surface area (Å²) in [5.74, 6) is -0.677. The quantitative estimate of drug-likeness (QED) is 0.481. The summed E-state index contributed by atoms with van der Waals surface area (Å²) >= 11 is 0. The van der Waals surface area contributed by atoms with E-state index in [1.165, 1.54) is 5.57 Å². The predicted molar refractivity (Wildman–Crippen MR) is 89.8 cm³/mol. The molecule has 1 heterocycles. The molecule has 1 saturated heterocycles. The number of ketones is 1. The molecule has 2 atom stereocenters. The number of benzene rings is 1. The molecule has 2 N–H and O–H groups in total. The van der Waals surface area contributed by atoms with Gasteiger partial charge < -0.3 is 10.4 Å². The van der Waals surface area contributed by atoms with Crippen molar-refractivity contribution in [1.29, 1.82) is 0 Å². The van der Waals surface area contributed by atoms with Crippen LogP contribution in [-0.2, 0) is 0 Å². The lowest BCUT2D eigenvalue weighted by Gasteiger charge is -2.35. The van der Waals surface area contributed by atoms with Crippen molar-refractivity contribution in [3.8, 4) is 0 Å². The second kappa shape index (κ2) is 6.63. The Bertz CT molecular complexity index is 566. The smallest absolute Gasteiger partial charge is 0.192 e. The van der Waals surface area contributed by atoms with E-state index in [2.05, 4.69) is 18.8 Å². The molecule has 1 aromatic rings. The van der Waals surface area contributed by atoms with Gasteiger partial charge in [0.05, 0.1) is 0 Å². The third kappa shape index (κ3) is 3.76. The Morgan fingerprint density at radius 3 is 2.91 bits per heavy atom. The minimum absolute atomic E-state index is 0.0174. The molecular weight excluding hydrogens is 276 g/mol. The highest BCUT2D eigenvalue weighted by molar-refractivity contribution is 5.94. The fourth-order valence-corrected chi connectivity index (χ4v) is 2.95. The summed E-state index contributed by atoms with van der Waals surface area (Å²) in [6.45, 7) is 11.2. The van der Waals surface area contributed by atoms with E-state index in [4.69, 9.17) is 0 Å². The van der Waals surface area contributed by atoms with E-state index >= 15 is 0 Å². The zero-order valence-corrected chi connectivity index (χ0v) is 13.7. The van der Waals surface area contributed by atoms with Gasteiger partial charge in [0.25, 0.3) is 0 Å². The maximum Gasteiger partial charge on any atom is 0.192 e. The van der Waals surface area contributed by atoms with Gasteiger partial charge in [-0.15, -0.1) is 0 Å². The SMILES string of the molecule is C=C(CC)C1CCN(C(C)(O)Nc2cccc(C(C)=O)c2)C1. The first-order valence-electron chi connectivity index (χ1n) is 7.87. The first kappa shape index (κ1) is 16.7. The van der Waals surface area contributed by atoms with Gasteiger partial charge in [0.2, 0.25) is 0 Å². The number of hydrogen-bond acceptors (Lipinski definition) is 4. The van der Waals surface area contributed by atoms with Crippen molar-refractivity contribution < 1.29 is 9.90 Å². The molecule has 4 nitrogen and oxygen atoms in total. The van der Waals surface area contributed by atoms with Crippen LogP contribution in [0.1, 0.15) is 44.0 Å². The van der Waals surface area contributed by atoms with Crippen LogP contribution in [0.5, 0.6) is 0 Å². The molecule has 1 aromatic carbocycles. The van der Waals surface area contributed by atoms with Crippen molar-refractivity contribution in [3.63, 3.8) is 0 Å². The van der Waals surface area contributed by atoms with Crippen LogP contribution < -0.4 is 5.32 Å². The highest BCUT2D eigenvalue weighted by Gasteiger charge is 2.35. The molecule has 0 aromatic heterocycles. The zero-order valence-electron chi connectivity index (χ0n) is 13.7. The van der Waals surface area contributed by atoms with E-state index in [1.807, 2.05) is 17.0 Å². The normalized spacial score (nSPS) is 21.4. The van der Waals surface area contributed by atoms with Crippen LogP contribution in [0, 0.1) is 5.92 Å². The largest absolute Gasteiger partial charge is 0.359 e. The number of Topliss-reactive ketones (excluding diaryl/α,β-unsaturated/α-hetero) is 1. The van der Waals surface area contributed by atoms with Gasteiger partial charge in [-0.25, -0.2) is 0 Å². The van der Waals surface area contributed by atoms with Crippen LogP contribution in [0.4, 0.5) is 5.69 Å². The number of likely N-dealkylation sites (tertiary alicyclic amines) is 1. The maximum absolute atomic E-state index is 11.5. The monoisotopic (exact) mass is 302 g/mol. The van der Waals surface area contributed by atoms with Gasteiger partial charge >= 0.3 is 0 Å². The average Bonchev–Trinajstić information content (AvgIpc) is 2.97. The summed E-state index contributed by atoms with van der Waals surface area (Å²) in [7, 11) is 0. The predicted octanol–water partition coefficient (Wildman–Crippen LogP) is 3.26. The van der Waals surface area contributed by atoms with E-state index in [1.54, 1.807) is 26.0 Å². The van der Waals surface area contributed by atoms with Crippen LogP contribution in [-0.4, -0.2) is 34.7 Å². The lowest BCUT2D eigenvalue weighted by Crippen LogP contribution is -2.51. The molecule has 0 amide bonds. The fourth-order valence-electron chi connectivity index (χ4n) is 2.95. The molecule has 22 heavy (non-hydrogen) atoms. The van der Waals surface area contributed by atoms with Crippen molar-refractivity contribution in [1.82, 2.24) is 4.90 Å². The average molecular weight is 302 g/mol. The Morgan fingerprint density at radius 2 is 2.27 bits per heavy atom. The van der Waals surface area contributed by atoms with Crippen LogP contribution in [0.2, 0.25) is 0 Å². The Morgan fingerprint density at radius 1 is 1.55 bits per heavy atom. The summed E-state index contributed by atoms with van der Waals surface area (Å²) < 4.78 is 0. The molecule has 2 unspecified atom stereocenters. The lowest BCUT2D eigenvalue weighted by molar-refractivity contribution is -0.0576. The van der Waals surface area contributed by atoms with Gasteiger partial charge in [-0.05, 0) is 44.7 Å². The first-order chi connectivity index (χ1) is 10.3. The highest BCUT2D eigenvalue weighted by Crippen LogP contribution is 2.29. The molecule has 4 heteroatoms. The maximum atomic E-state index is 11.5. The highest BCUT2D eigenvalue weighted by atomic mass is 16.3. The van der Waals surface area contributed by atoms with E-state index in [9.17, 15) is 9.90 Å². The molecule has 2 rings (SSSR count). The van der Waals surface area contributed by atoms with Crippen molar-refractivity contribution in [3.05, 3.63) is 42.0 Å². The van der Waals surface area contributed by atoms with Crippen molar-refractivity contribution in [2.75, 3.05) is 18.4 Å². The number of carbonyl (C=O) groups is 1. The third-order valence-corrected chi connectivity index (χ3v) is 4.49. The van der Waals surface area contributed by atoms with Crippen LogP contribution in [0.25, 0.3) is 0 Å². The Balaban J connectivity index is 2.07. The fraction of sp³-hybridized carbons (Fsp3) is 0.500. The molecule has 1 fully saturated rings. The van der Waals surface area contributed by atoms with E-state index in [0.717, 1.165) is 31.6 Å². The van der Waals surface area contributed by atoms with Crippen molar-refractivity contribution >= 4 is 11.5 Å². The molecule has 0 aliphatic carbocycles. The topological polar surface area (TPSA) is 52.6 Å². The van der Waals surface area contributed by atoms with Gasteiger partial charge in [-0.2, -0.15) is 0 Å². The third-order valence-electron chi connectivity index (χ3n) is 4.49. The second-order valence-electron chi connectivity index (χ2n) is 6.23.